The Labute approximate surface area is 75.1 Å². The standard InChI is InChI=1S/C9H19N3/c1-10-9-11(2)7-8-12-5-3-4-6-12/h9H,3-8H2,1-2H3. The Morgan fingerprint density at radius 2 is 2.08 bits per heavy atom. The molecule has 1 rings (SSSR count). The van der Waals surface area contributed by atoms with Gasteiger partial charge in [0, 0.05) is 27.2 Å². The van der Waals surface area contributed by atoms with Crippen molar-refractivity contribution in [2.75, 3.05) is 40.3 Å². The normalized spacial score (nSPS) is 19.2. The summed E-state index contributed by atoms with van der Waals surface area (Å²) < 4.78 is 0. The fourth-order valence-electron chi connectivity index (χ4n) is 1.56. The van der Waals surface area contributed by atoms with E-state index < -0.39 is 0 Å². The van der Waals surface area contributed by atoms with Gasteiger partial charge in [0.05, 0.1) is 6.34 Å². The molecule has 0 aromatic heterocycles. The summed E-state index contributed by atoms with van der Waals surface area (Å²) in [4.78, 5) is 8.61. The van der Waals surface area contributed by atoms with E-state index >= 15 is 0 Å². The van der Waals surface area contributed by atoms with Crippen LogP contribution in [0, 0.1) is 0 Å². The van der Waals surface area contributed by atoms with E-state index in [4.69, 9.17) is 0 Å². The van der Waals surface area contributed by atoms with Crippen molar-refractivity contribution in [3.8, 4) is 0 Å². The van der Waals surface area contributed by atoms with E-state index in [-0.39, 0.29) is 0 Å². The lowest BCUT2D eigenvalue weighted by Gasteiger charge is -2.18. The minimum Gasteiger partial charge on any atom is -0.365 e. The molecule has 70 valence electrons. The monoisotopic (exact) mass is 169 g/mol. The minimum absolute atomic E-state index is 1.09. The molecule has 0 bridgehead atoms. The van der Waals surface area contributed by atoms with Crippen LogP contribution < -0.4 is 0 Å². The quantitative estimate of drug-likeness (QED) is 0.455. The molecule has 3 nitrogen and oxygen atoms in total. The fourth-order valence-corrected chi connectivity index (χ4v) is 1.56. The van der Waals surface area contributed by atoms with Gasteiger partial charge in [0.2, 0.25) is 0 Å². The molecule has 1 aliphatic rings. The van der Waals surface area contributed by atoms with E-state index in [0.29, 0.717) is 0 Å². The van der Waals surface area contributed by atoms with Gasteiger partial charge in [0.25, 0.3) is 0 Å². The minimum atomic E-state index is 1.09. The number of nitrogens with zero attached hydrogens (tertiary/aromatic N) is 3. The first-order valence-electron chi connectivity index (χ1n) is 4.68. The number of hydrogen-bond acceptors (Lipinski definition) is 2. The summed E-state index contributed by atoms with van der Waals surface area (Å²) in [5.41, 5.74) is 0. The van der Waals surface area contributed by atoms with Gasteiger partial charge in [-0.2, -0.15) is 0 Å². The van der Waals surface area contributed by atoms with Crippen LogP contribution >= 0.6 is 0 Å². The first-order valence-corrected chi connectivity index (χ1v) is 4.68. The third-order valence-corrected chi connectivity index (χ3v) is 2.28. The van der Waals surface area contributed by atoms with Crippen LogP contribution in [0.1, 0.15) is 12.8 Å². The van der Waals surface area contributed by atoms with Crippen LogP contribution in [0.4, 0.5) is 0 Å². The molecule has 0 atom stereocenters. The highest BCUT2D eigenvalue weighted by Gasteiger charge is 2.10. The third kappa shape index (κ3) is 3.22. The highest BCUT2D eigenvalue weighted by molar-refractivity contribution is 5.53. The summed E-state index contributed by atoms with van der Waals surface area (Å²) >= 11 is 0. The van der Waals surface area contributed by atoms with Crippen LogP contribution in [0.3, 0.4) is 0 Å². The van der Waals surface area contributed by atoms with Crippen molar-refractivity contribution in [3.63, 3.8) is 0 Å². The molecule has 0 aromatic carbocycles. The molecule has 1 saturated heterocycles. The van der Waals surface area contributed by atoms with Crippen molar-refractivity contribution < 1.29 is 0 Å². The number of aliphatic imine (C=N–C) groups is 1. The second-order valence-corrected chi connectivity index (χ2v) is 3.40. The van der Waals surface area contributed by atoms with Gasteiger partial charge in [-0.15, -0.1) is 0 Å². The van der Waals surface area contributed by atoms with Gasteiger partial charge < -0.3 is 9.80 Å². The lowest BCUT2D eigenvalue weighted by Crippen LogP contribution is -2.30. The van der Waals surface area contributed by atoms with Crippen LogP contribution in [0.2, 0.25) is 0 Å². The lowest BCUT2D eigenvalue weighted by molar-refractivity contribution is 0.310. The van der Waals surface area contributed by atoms with Crippen molar-refractivity contribution in [2.24, 2.45) is 4.99 Å². The zero-order valence-electron chi connectivity index (χ0n) is 8.16. The molecule has 0 spiro atoms. The molecule has 12 heavy (non-hydrogen) atoms. The summed E-state index contributed by atoms with van der Waals surface area (Å²) in [6.07, 6.45) is 4.65. The summed E-state index contributed by atoms with van der Waals surface area (Å²) in [5, 5.41) is 0. The molecule has 0 N–H and O–H groups in total. The Kier molecular flexibility index (Phi) is 4.08. The van der Waals surface area contributed by atoms with Gasteiger partial charge in [0.15, 0.2) is 0 Å². The van der Waals surface area contributed by atoms with E-state index in [1.807, 2.05) is 13.4 Å². The second kappa shape index (κ2) is 5.14. The Hall–Kier alpha value is -0.570. The SMILES string of the molecule is CN=CN(C)CCN1CCCC1. The summed E-state index contributed by atoms with van der Waals surface area (Å²) in [5.74, 6) is 0. The van der Waals surface area contributed by atoms with Crippen molar-refractivity contribution in [2.45, 2.75) is 12.8 Å². The van der Waals surface area contributed by atoms with E-state index in [2.05, 4.69) is 21.8 Å². The number of likely N-dealkylation sites (tertiary alicyclic amines) is 1. The molecule has 0 unspecified atom stereocenters. The Morgan fingerprint density at radius 1 is 1.42 bits per heavy atom. The maximum atomic E-state index is 3.96. The Bertz CT molecular complexity index is 139. The topological polar surface area (TPSA) is 18.8 Å². The maximum Gasteiger partial charge on any atom is 0.0844 e. The highest BCUT2D eigenvalue weighted by Crippen LogP contribution is 2.05. The van der Waals surface area contributed by atoms with E-state index in [1.165, 1.54) is 32.5 Å². The van der Waals surface area contributed by atoms with Crippen LogP contribution in [0.5, 0.6) is 0 Å². The lowest BCUT2D eigenvalue weighted by atomic mass is 10.4. The number of likely N-dealkylation sites (N-methyl/N-ethyl adjacent to an activating group) is 1. The van der Waals surface area contributed by atoms with Crippen LogP contribution in [0.15, 0.2) is 4.99 Å². The van der Waals surface area contributed by atoms with Crippen molar-refractivity contribution in [3.05, 3.63) is 0 Å². The molecular formula is C9H19N3. The highest BCUT2D eigenvalue weighted by atomic mass is 15.2. The molecule has 0 amide bonds. The van der Waals surface area contributed by atoms with Crippen LogP contribution in [-0.2, 0) is 0 Å². The van der Waals surface area contributed by atoms with Crippen molar-refractivity contribution in [1.82, 2.24) is 9.80 Å². The fraction of sp³-hybridized carbons (Fsp3) is 0.889. The van der Waals surface area contributed by atoms with E-state index in [1.54, 1.807) is 0 Å². The molecule has 0 aliphatic carbocycles. The molecule has 0 radical (unpaired) electrons. The van der Waals surface area contributed by atoms with Crippen molar-refractivity contribution >= 4 is 6.34 Å². The smallest absolute Gasteiger partial charge is 0.0844 e. The predicted octanol–water partition coefficient (Wildman–Crippen LogP) is 0.672. The van der Waals surface area contributed by atoms with Gasteiger partial charge in [-0.25, -0.2) is 0 Å². The molecular weight excluding hydrogens is 150 g/mol. The molecule has 1 aliphatic heterocycles. The molecule has 1 fully saturated rings. The predicted molar refractivity (Wildman–Crippen MR) is 52.7 cm³/mol. The zero-order chi connectivity index (χ0) is 8.81. The molecule has 0 aromatic rings. The summed E-state index contributed by atoms with van der Waals surface area (Å²) in [7, 11) is 3.88. The summed E-state index contributed by atoms with van der Waals surface area (Å²) in [6, 6.07) is 0. The largest absolute Gasteiger partial charge is 0.365 e. The van der Waals surface area contributed by atoms with E-state index in [0.717, 1.165) is 6.54 Å². The molecule has 3 heteroatoms. The number of rotatable bonds is 4. The Morgan fingerprint density at radius 3 is 2.67 bits per heavy atom. The molecule has 1 heterocycles. The van der Waals surface area contributed by atoms with Gasteiger partial charge in [-0.05, 0) is 25.9 Å². The van der Waals surface area contributed by atoms with Gasteiger partial charge in [0.1, 0.15) is 0 Å². The third-order valence-electron chi connectivity index (χ3n) is 2.28. The van der Waals surface area contributed by atoms with Crippen molar-refractivity contribution in [1.29, 1.82) is 0 Å². The molecule has 0 saturated carbocycles. The van der Waals surface area contributed by atoms with Crippen LogP contribution in [0.25, 0.3) is 0 Å². The maximum absolute atomic E-state index is 3.96. The van der Waals surface area contributed by atoms with Gasteiger partial charge in [-0.1, -0.05) is 0 Å². The number of hydrogen-bond donors (Lipinski definition) is 0. The average molecular weight is 169 g/mol. The second-order valence-electron chi connectivity index (χ2n) is 3.40. The first kappa shape index (κ1) is 9.52. The average Bonchev–Trinajstić information content (AvgIpc) is 2.53. The summed E-state index contributed by atoms with van der Waals surface area (Å²) in [6.45, 7) is 4.86. The first-order chi connectivity index (χ1) is 5.83. The van der Waals surface area contributed by atoms with E-state index in [9.17, 15) is 0 Å². The van der Waals surface area contributed by atoms with Crippen LogP contribution in [-0.4, -0.2) is 56.4 Å². The Balaban J connectivity index is 2.07. The zero-order valence-corrected chi connectivity index (χ0v) is 8.16. The van der Waals surface area contributed by atoms with Gasteiger partial charge in [-0.3, -0.25) is 4.99 Å². The van der Waals surface area contributed by atoms with Gasteiger partial charge >= 0.3 is 0 Å².